The van der Waals surface area contributed by atoms with Crippen LogP contribution in [0.2, 0.25) is 0 Å². The molecule has 0 saturated heterocycles. The zero-order valence-corrected chi connectivity index (χ0v) is 15.3. The molecule has 3 rings (SSSR count). The van der Waals surface area contributed by atoms with Gasteiger partial charge >= 0.3 is 5.97 Å². The first-order chi connectivity index (χ1) is 13.4. The van der Waals surface area contributed by atoms with Crippen molar-refractivity contribution in [1.29, 1.82) is 0 Å². The lowest BCUT2D eigenvalue weighted by Crippen LogP contribution is -2.24. The Balaban J connectivity index is 1.52. The van der Waals surface area contributed by atoms with Crippen molar-refractivity contribution < 1.29 is 19.2 Å². The van der Waals surface area contributed by atoms with Crippen LogP contribution in [0.1, 0.15) is 30.4 Å². The van der Waals surface area contributed by atoms with Gasteiger partial charge in [-0.15, -0.1) is 0 Å². The number of hydrazone groups is 1. The molecular weight excluding hydrogens is 362 g/mol. The quantitative estimate of drug-likeness (QED) is 0.331. The number of esters is 1. The Morgan fingerprint density at radius 2 is 1.93 bits per heavy atom. The molecule has 2 aromatic carbocycles. The molecule has 0 N–H and O–H groups in total. The lowest BCUT2D eigenvalue weighted by molar-refractivity contribution is -0.385. The number of hydrogen-bond donors (Lipinski definition) is 0. The van der Waals surface area contributed by atoms with Gasteiger partial charge in [0, 0.05) is 24.5 Å². The maximum atomic E-state index is 12.3. The number of nitro benzene ring substituents is 1. The maximum absolute atomic E-state index is 12.3. The molecule has 0 atom stereocenters. The summed E-state index contributed by atoms with van der Waals surface area (Å²) < 4.78 is 5.17. The molecule has 0 spiro atoms. The normalized spacial score (nSPS) is 13.2. The number of benzene rings is 2. The Kier molecular flexibility index (Phi) is 5.78. The summed E-state index contributed by atoms with van der Waals surface area (Å²) in [5, 5.41) is 16.5. The summed E-state index contributed by atoms with van der Waals surface area (Å²) in [5.41, 5.74) is 2.17. The van der Waals surface area contributed by atoms with E-state index < -0.39 is 10.9 Å². The lowest BCUT2D eigenvalue weighted by Gasteiger charge is -2.11. The predicted molar refractivity (Wildman–Crippen MR) is 102 cm³/mol. The second-order valence-electron chi connectivity index (χ2n) is 6.36. The van der Waals surface area contributed by atoms with Crippen LogP contribution in [0.3, 0.4) is 0 Å². The maximum Gasteiger partial charge on any atom is 0.311 e. The van der Waals surface area contributed by atoms with Crippen molar-refractivity contribution in [3.63, 3.8) is 0 Å². The fourth-order valence-corrected chi connectivity index (χ4v) is 2.89. The third-order valence-electron chi connectivity index (χ3n) is 4.34. The van der Waals surface area contributed by atoms with E-state index in [2.05, 4.69) is 5.10 Å². The molecule has 1 amide bonds. The van der Waals surface area contributed by atoms with E-state index >= 15 is 0 Å². The van der Waals surface area contributed by atoms with E-state index in [0.29, 0.717) is 18.5 Å². The van der Waals surface area contributed by atoms with E-state index in [1.807, 2.05) is 30.3 Å². The number of rotatable bonds is 6. The number of nitrogens with zero attached hydrogens (tertiary/aromatic N) is 3. The standard InChI is InChI=1S/C20H19N3O5/c1-14-13-16(7-8-18(14)23(26)27)28-20(25)10-9-19(24)22-12-11-17(21-22)15-5-3-2-4-6-15/h2-8,13H,9-12H2,1H3. The van der Waals surface area contributed by atoms with Crippen LogP contribution in [0.5, 0.6) is 5.75 Å². The molecule has 0 bridgehead atoms. The summed E-state index contributed by atoms with van der Waals surface area (Å²) in [4.78, 5) is 34.6. The molecule has 144 valence electrons. The van der Waals surface area contributed by atoms with Crippen LogP contribution in [0.15, 0.2) is 53.6 Å². The number of carbonyl (C=O) groups excluding carboxylic acids is 2. The van der Waals surface area contributed by atoms with Gasteiger partial charge < -0.3 is 4.74 Å². The van der Waals surface area contributed by atoms with Crippen LogP contribution in [0, 0.1) is 17.0 Å². The highest BCUT2D eigenvalue weighted by Gasteiger charge is 2.22. The number of nitro groups is 1. The first kappa shape index (κ1) is 19.2. The summed E-state index contributed by atoms with van der Waals surface area (Å²) in [6.07, 6.45) is 0.556. The average molecular weight is 381 g/mol. The summed E-state index contributed by atoms with van der Waals surface area (Å²) in [6, 6.07) is 13.7. The Morgan fingerprint density at radius 1 is 1.18 bits per heavy atom. The minimum absolute atomic E-state index is 0.0175. The van der Waals surface area contributed by atoms with E-state index in [-0.39, 0.29) is 30.2 Å². The highest BCUT2D eigenvalue weighted by atomic mass is 16.6. The van der Waals surface area contributed by atoms with Crippen LogP contribution in [0.4, 0.5) is 5.69 Å². The van der Waals surface area contributed by atoms with Crippen molar-refractivity contribution in [3.8, 4) is 5.75 Å². The van der Waals surface area contributed by atoms with E-state index in [9.17, 15) is 19.7 Å². The van der Waals surface area contributed by atoms with Crippen molar-refractivity contribution in [1.82, 2.24) is 5.01 Å². The molecule has 0 aliphatic carbocycles. The zero-order chi connectivity index (χ0) is 20.1. The predicted octanol–water partition coefficient (Wildman–Crippen LogP) is 3.23. The van der Waals surface area contributed by atoms with Gasteiger partial charge in [-0.2, -0.15) is 5.10 Å². The van der Waals surface area contributed by atoms with Crippen LogP contribution in [0.25, 0.3) is 0 Å². The monoisotopic (exact) mass is 381 g/mol. The number of carbonyl (C=O) groups is 2. The molecule has 28 heavy (non-hydrogen) atoms. The Labute approximate surface area is 161 Å². The fourth-order valence-electron chi connectivity index (χ4n) is 2.89. The molecule has 1 heterocycles. The molecule has 1 aliphatic heterocycles. The van der Waals surface area contributed by atoms with E-state index in [0.717, 1.165) is 11.3 Å². The van der Waals surface area contributed by atoms with Crippen molar-refractivity contribution in [2.45, 2.75) is 26.2 Å². The topological polar surface area (TPSA) is 102 Å². The van der Waals surface area contributed by atoms with E-state index in [1.54, 1.807) is 6.92 Å². The van der Waals surface area contributed by atoms with Gasteiger partial charge in [0.1, 0.15) is 5.75 Å². The summed E-state index contributed by atoms with van der Waals surface area (Å²) in [5.74, 6) is -0.609. The van der Waals surface area contributed by atoms with Crippen LogP contribution in [-0.2, 0) is 9.59 Å². The van der Waals surface area contributed by atoms with Gasteiger partial charge in [-0.05, 0) is 24.6 Å². The molecule has 1 aliphatic rings. The average Bonchev–Trinajstić information content (AvgIpc) is 3.17. The summed E-state index contributed by atoms with van der Waals surface area (Å²) in [7, 11) is 0. The second kappa shape index (κ2) is 8.43. The molecule has 0 saturated carbocycles. The van der Waals surface area contributed by atoms with Gasteiger partial charge in [-0.25, -0.2) is 5.01 Å². The van der Waals surface area contributed by atoms with Crippen molar-refractivity contribution in [3.05, 3.63) is 69.8 Å². The van der Waals surface area contributed by atoms with Gasteiger partial charge in [-0.3, -0.25) is 19.7 Å². The van der Waals surface area contributed by atoms with E-state index in [1.165, 1.54) is 23.2 Å². The highest BCUT2D eigenvalue weighted by Crippen LogP contribution is 2.23. The van der Waals surface area contributed by atoms with E-state index in [4.69, 9.17) is 4.74 Å². The fraction of sp³-hybridized carbons (Fsp3) is 0.250. The lowest BCUT2D eigenvalue weighted by atomic mass is 10.1. The number of ether oxygens (including phenoxy) is 1. The first-order valence-corrected chi connectivity index (χ1v) is 8.83. The number of amides is 1. The van der Waals surface area contributed by atoms with Gasteiger partial charge in [0.05, 0.1) is 23.6 Å². The SMILES string of the molecule is Cc1cc(OC(=O)CCC(=O)N2CCC(c3ccccc3)=N2)ccc1[N+](=O)[O-]. The largest absolute Gasteiger partial charge is 0.427 e. The van der Waals surface area contributed by atoms with Crippen LogP contribution >= 0.6 is 0 Å². The van der Waals surface area contributed by atoms with Gasteiger partial charge in [0.2, 0.25) is 5.91 Å². The van der Waals surface area contributed by atoms with Crippen molar-refractivity contribution in [2.75, 3.05) is 6.54 Å². The Hall–Kier alpha value is -3.55. The Morgan fingerprint density at radius 3 is 2.61 bits per heavy atom. The Bertz CT molecular complexity index is 940. The third kappa shape index (κ3) is 4.59. The third-order valence-corrected chi connectivity index (χ3v) is 4.34. The molecule has 8 heteroatoms. The molecule has 0 unspecified atom stereocenters. The number of hydrogen-bond acceptors (Lipinski definition) is 6. The van der Waals surface area contributed by atoms with Crippen molar-refractivity contribution >= 4 is 23.3 Å². The molecule has 0 fully saturated rings. The molecule has 0 aromatic heterocycles. The summed E-state index contributed by atoms with van der Waals surface area (Å²) in [6.45, 7) is 2.05. The molecular formula is C20H19N3O5. The molecule has 0 radical (unpaired) electrons. The number of aryl methyl sites for hydroxylation is 1. The van der Waals surface area contributed by atoms with Gasteiger partial charge in [-0.1, -0.05) is 30.3 Å². The molecule has 8 nitrogen and oxygen atoms in total. The zero-order valence-electron chi connectivity index (χ0n) is 15.3. The van der Waals surface area contributed by atoms with Crippen molar-refractivity contribution in [2.24, 2.45) is 5.10 Å². The minimum Gasteiger partial charge on any atom is -0.427 e. The molecule has 2 aromatic rings. The van der Waals surface area contributed by atoms with Crippen LogP contribution < -0.4 is 4.74 Å². The van der Waals surface area contributed by atoms with Gasteiger partial charge in [0.25, 0.3) is 5.69 Å². The summed E-state index contributed by atoms with van der Waals surface area (Å²) >= 11 is 0. The van der Waals surface area contributed by atoms with Gasteiger partial charge in [0.15, 0.2) is 0 Å². The minimum atomic E-state index is -0.576. The smallest absolute Gasteiger partial charge is 0.311 e. The van der Waals surface area contributed by atoms with Crippen LogP contribution in [-0.4, -0.2) is 34.1 Å². The second-order valence-corrected chi connectivity index (χ2v) is 6.36. The first-order valence-electron chi connectivity index (χ1n) is 8.83. The highest BCUT2D eigenvalue weighted by molar-refractivity contribution is 6.02.